The van der Waals surface area contributed by atoms with E-state index in [1.54, 1.807) is 54.6 Å². The van der Waals surface area contributed by atoms with Crippen LogP contribution in [0.2, 0.25) is 0 Å². The van der Waals surface area contributed by atoms with Crippen molar-refractivity contribution in [2.45, 2.75) is 24.3 Å². The van der Waals surface area contributed by atoms with Crippen LogP contribution in [0.3, 0.4) is 0 Å². The largest absolute Gasteiger partial charge is 0.324 e. The monoisotopic (exact) mass is 452 g/mol. The van der Waals surface area contributed by atoms with Crippen molar-refractivity contribution in [2.75, 3.05) is 5.32 Å². The number of amides is 1. The smallest absolute Gasteiger partial charge is 0.247 e. The fraction of sp³-hybridized carbons (Fsp3) is 0.136. The second-order valence-electron chi connectivity index (χ2n) is 6.89. The Morgan fingerprint density at radius 2 is 1.71 bits per heavy atom. The summed E-state index contributed by atoms with van der Waals surface area (Å²) in [5.41, 5.74) is 3.03. The molecule has 0 spiro atoms. The van der Waals surface area contributed by atoms with Crippen LogP contribution < -0.4 is 10.0 Å². The summed E-state index contributed by atoms with van der Waals surface area (Å²) in [7, 11) is -4.06. The summed E-state index contributed by atoms with van der Waals surface area (Å²) in [6.07, 6.45) is 0.887. The van der Waals surface area contributed by atoms with E-state index in [4.69, 9.17) is 0 Å². The van der Waals surface area contributed by atoms with E-state index in [9.17, 15) is 13.2 Å². The predicted molar refractivity (Wildman–Crippen MR) is 121 cm³/mol. The molecule has 31 heavy (non-hydrogen) atoms. The first-order valence-electron chi connectivity index (χ1n) is 9.66. The van der Waals surface area contributed by atoms with Crippen LogP contribution in [0, 0.1) is 0 Å². The van der Waals surface area contributed by atoms with Crippen molar-refractivity contribution in [1.82, 2.24) is 13.5 Å². The summed E-state index contributed by atoms with van der Waals surface area (Å²) < 4.78 is 37.2. The zero-order valence-electron chi connectivity index (χ0n) is 16.6. The number of rotatable bonds is 7. The number of carbonyl (C=O) groups is 1. The van der Waals surface area contributed by atoms with E-state index in [1.165, 1.54) is 6.07 Å². The lowest BCUT2D eigenvalue weighted by Gasteiger charge is -2.19. The molecule has 0 aliphatic heterocycles. The minimum Gasteiger partial charge on any atom is -0.324 e. The van der Waals surface area contributed by atoms with Gasteiger partial charge >= 0.3 is 0 Å². The lowest BCUT2D eigenvalue weighted by atomic mass is 10.1. The summed E-state index contributed by atoms with van der Waals surface area (Å²) in [6.45, 7) is 2.05. The fourth-order valence-corrected chi connectivity index (χ4v) is 5.12. The maximum atomic E-state index is 13.2. The maximum Gasteiger partial charge on any atom is 0.247 e. The van der Waals surface area contributed by atoms with Gasteiger partial charge in [-0.3, -0.25) is 4.79 Å². The first-order chi connectivity index (χ1) is 15.0. The second kappa shape index (κ2) is 8.93. The van der Waals surface area contributed by atoms with Gasteiger partial charge in [0.15, 0.2) is 0 Å². The minimum atomic E-state index is -4.06. The molecule has 0 radical (unpaired) electrons. The van der Waals surface area contributed by atoms with Crippen LogP contribution in [0.1, 0.15) is 24.1 Å². The average Bonchev–Trinajstić information content (AvgIpc) is 3.27. The van der Waals surface area contributed by atoms with Crippen LogP contribution in [-0.4, -0.2) is 23.1 Å². The summed E-state index contributed by atoms with van der Waals surface area (Å²) in [5.74, 6) is -0.484. The van der Waals surface area contributed by atoms with E-state index < -0.39 is 22.0 Å². The van der Waals surface area contributed by atoms with Gasteiger partial charge in [-0.25, -0.2) is 8.42 Å². The molecular weight excluding hydrogens is 432 g/mol. The Labute approximate surface area is 184 Å². The number of aromatic nitrogens is 2. The molecule has 0 aliphatic carbocycles. The van der Waals surface area contributed by atoms with Gasteiger partial charge in [0, 0.05) is 5.69 Å². The lowest BCUT2D eigenvalue weighted by molar-refractivity contribution is -0.117. The minimum absolute atomic E-state index is 0.0141. The van der Waals surface area contributed by atoms with Crippen LogP contribution in [0.4, 0.5) is 5.69 Å². The number of fused-ring (bicyclic) bond motifs is 1. The molecule has 4 aromatic rings. The molecule has 9 heteroatoms. The number of sulfonamides is 1. The molecule has 0 fully saturated rings. The van der Waals surface area contributed by atoms with Crippen LogP contribution in [-0.2, 0) is 21.2 Å². The number of nitrogens with zero attached hydrogens (tertiary/aromatic N) is 2. The molecule has 2 N–H and O–H groups in total. The molecule has 4 rings (SSSR count). The summed E-state index contributed by atoms with van der Waals surface area (Å²) >= 11 is 0.938. The Morgan fingerprint density at radius 1 is 0.968 bits per heavy atom. The van der Waals surface area contributed by atoms with E-state index in [1.807, 2.05) is 19.1 Å². The first-order valence-corrected chi connectivity index (χ1v) is 11.9. The van der Waals surface area contributed by atoms with E-state index in [0.717, 1.165) is 23.7 Å². The Kier molecular flexibility index (Phi) is 6.08. The van der Waals surface area contributed by atoms with Crippen molar-refractivity contribution < 1.29 is 13.2 Å². The predicted octanol–water partition coefficient (Wildman–Crippen LogP) is 3.91. The standard InChI is InChI=1S/C22H20N4O3S2/c1-2-15-11-13-17(14-12-15)23-22(27)20(16-7-4-3-5-8-16)26-31(28,29)19-10-6-9-18-21(19)25-30-24-18/h3-14,20,26H,2H2,1H3,(H,23,27)/t20-/m0/s1. The molecule has 158 valence electrons. The summed E-state index contributed by atoms with van der Waals surface area (Å²) in [6, 6.07) is 19.8. The maximum absolute atomic E-state index is 13.2. The molecule has 1 atom stereocenters. The number of benzene rings is 3. The van der Waals surface area contributed by atoms with Gasteiger partial charge < -0.3 is 5.32 Å². The summed E-state index contributed by atoms with van der Waals surface area (Å²) in [5, 5.41) is 2.81. The molecule has 0 bridgehead atoms. The highest BCUT2D eigenvalue weighted by atomic mass is 32.2. The Morgan fingerprint density at radius 3 is 2.42 bits per heavy atom. The van der Waals surface area contributed by atoms with Crippen molar-refractivity contribution in [3.8, 4) is 0 Å². The normalized spacial score (nSPS) is 12.5. The van der Waals surface area contributed by atoms with Gasteiger partial charge in [-0.1, -0.05) is 55.5 Å². The Hall–Kier alpha value is -3.14. The molecule has 1 heterocycles. The number of aryl methyl sites for hydroxylation is 1. The van der Waals surface area contributed by atoms with Crippen molar-refractivity contribution >= 4 is 44.4 Å². The van der Waals surface area contributed by atoms with Crippen molar-refractivity contribution in [3.05, 3.63) is 83.9 Å². The van der Waals surface area contributed by atoms with Gasteiger partial charge in [-0.15, -0.1) is 0 Å². The number of hydrogen-bond donors (Lipinski definition) is 2. The zero-order valence-corrected chi connectivity index (χ0v) is 18.3. The second-order valence-corrected chi connectivity index (χ2v) is 9.10. The van der Waals surface area contributed by atoms with E-state index in [0.29, 0.717) is 16.8 Å². The molecule has 0 saturated heterocycles. The van der Waals surface area contributed by atoms with Crippen LogP contribution >= 0.6 is 11.7 Å². The fourth-order valence-electron chi connectivity index (χ4n) is 3.17. The SMILES string of the molecule is CCc1ccc(NC(=O)[C@@H](NS(=O)(=O)c2cccc3nsnc23)c2ccccc2)cc1. The number of carbonyl (C=O) groups excluding carboxylic acids is 1. The van der Waals surface area contributed by atoms with Crippen LogP contribution in [0.15, 0.2) is 77.7 Å². The lowest BCUT2D eigenvalue weighted by Crippen LogP contribution is -2.37. The topological polar surface area (TPSA) is 101 Å². The molecule has 0 unspecified atom stereocenters. The van der Waals surface area contributed by atoms with E-state index in [-0.39, 0.29) is 10.4 Å². The van der Waals surface area contributed by atoms with E-state index in [2.05, 4.69) is 18.8 Å². The number of hydrogen-bond acceptors (Lipinski definition) is 6. The third-order valence-electron chi connectivity index (χ3n) is 4.84. The highest BCUT2D eigenvalue weighted by molar-refractivity contribution is 7.89. The molecule has 0 saturated carbocycles. The molecule has 0 aliphatic rings. The molecule has 1 aromatic heterocycles. The quantitative estimate of drug-likeness (QED) is 0.443. The Balaban J connectivity index is 1.66. The number of anilines is 1. The van der Waals surface area contributed by atoms with Crippen molar-refractivity contribution in [3.63, 3.8) is 0 Å². The molecule has 3 aromatic carbocycles. The zero-order chi connectivity index (χ0) is 21.8. The number of nitrogens with one attached hydrogen (secondary N) is 2. The van der Waals surface area contributed by atoms with Gasteiger partial charge in [0.25, 0.3) is 0 Å². The van der Waals surface area contributed by atoms with Crippen molar-refractivity contribution in [1.29, 1.82) is 0 Å². The average molecular weight is 453 g/mol. The molecule has 7 nitrogen and oxygen atoms in total. The third kappa shape index (κ3) is 4.63. The van der Waals surface area contributed by atoms with Gasteiger partial charge in [-0.05, 0) is 41.8 Å². The highest BCUT2D eigenvalue weighted by Crippen LogP contribution is 2.24. The third-order valence-corrected chi connectivity index (χ3v) is 6.83. The van der Waals surface area contributed by atoms with Gasteiger partial charge in [-0.2, -0.15) is 13.5 Å². The van der Waals surface area contributed by atoms with Gasteiger partial charge in [0.1, 0.15) is 22.0 Å². The van der Waals surface area contributed by atoms with Gasteiger partial charge in [0.05, 0.1) is 11.7 Å². The Bertz CT molecular complexity index is 1300. The summed E-state index contributed by atoms with van der Waals surface area (Å²) in [4.78, 5) is 13.1. The highest BCUT2D eigenvalue weighted by Gasteiger charge is 2.29. The first kappa shape index (κ1) is 21.1. The van der Waals surface area contributed by atoms with Crippen LogP contribution in [0.5, 0.6) is 0 Å². The molecule has 1 amide bonds. The van der Waals surface area contributed by atoms with Crippen molar-refractivity contribution in [2.24, 2.45) is 0 Å². The van der Waals surface area contributed by atoms with Gasteiger partial charge in [0.2, 0.25) is 15.9 Å². The molecular formula is C22H20N4O3S2. The van der Waals surface area contributed by atoms with Crippen LogP contribution in [0.25, 0.3) is 11.0 Å². The van der Waals surface area contributed by atoms with E-state index >= 15 is 0 Å².